The van der Waals surface area contributed by atoms with Crippen LogP contribution < -0.4 is 0 Å². The second-order valence-electron chi connectivity index (χ2n) is 8.10. The van der Waals surface area contributed by atoms with Gasteiger partial charge < -0.3 is 5.11 Å². The van der Waals surface area contributed by atoms with Gasteiger partial charge in [0.25, 0.3) is 0 Å². The van der Waals surface area contributed by atoms with Gasteiger partial charge >= 0.3 is 5.97 Å². The Labute approximate surface area is 197 Å². The summed E-state index contributed by atoms with van der Waals surface area (Å²) in [6.07, 6.45) is 5.88. The lowest BCUT2D eigenvalue weighted by atomic mass is 9.93. The van der Waals surface area contributed by atoms with E-state index in [0.717, 1.165) is 24.8 Å². The summed E-state index contributed by atoms with van der Waals surface area (Å²) < 4.78 is 14.6. The van der Waals surface area contributed by atoms with E-state index >= 15 is 0 Å². The quantitative estimate of drug-likeness (QED) is 0.563. The number of nitrogens with zero attached hydrogens (tertiary/aromatic N) is 4. The fourth-order valence-electron chi connectivity index (χ4n) is 3.94. The van der Waals surface area contributed by atoms with E-state index in [1.807, 2.05) is 11.0 Å². The number of carbonyl (C=O) groups is 2. The minimum Gasteiger partial charge on any atom is -0.481 e. The number of ketones is 1. The van der Waals surface area contributed by atoms with Crippen LogP contribution in [0.15, 0.2) is 36.0 Å². The van der Waals surface area contributed by atoms with Crippen molar-refractivity contribution in [3.63, 3.8) is 0 Å². The van der Waals surface area contributed by atoms with Crippen LogP contribution in [0.3, 0.4) is 0 Å². The summed E-state index contributed by atoms with van der Waals surface area (Å²) in [5.74, 6) is -1.17. The number of aryl methyl sites for hydroxylation is 1. The molecule has 1 aromatic heterocycles. The van der Waals surface area contributed by atoms with Crippen LogP contribution >= 0.6 is 25.0 Å². The van der Waals surface area contributed by atoms with Crippen LogP contribution in [0.2, 0.25) is 0 Å². The molecule has 2 aliphatic rings. The normalized spacial score (nSPS) is 21.2. The fraction of sp³-hybridized carbons (Fsp3) is 0.455. The van der Waals surface area contributed by atoms with Gasteiger partial charge in [0.15, 0.2) is 5.78 Å². The predicted molar refractivity (Wildman–Crippen MR) is 123 cm³/mol. The number of hydrogen-bond acceptors (Lipinski definition) is 6. The molecule has 1 saturated carbocycles. The monoisotopic (exact) mass is 480 g/mol. The van der Waals surface area contributed by atoms with Gasteiger partial charge in [0.05, 0.1) is 25.2 Å². The summed E-state index contributed by atoms with van der Waals surface area (Å²) in [6, 6.07) is 5.90. The van der Waals surface area contributed by atoms with Crippen LogP contribution in [0, 0.1) is 11.7 Å². The van der Waals surface area contributed by atoms with Crippen LogP contribution in [0.25, 0.3) is 6.08 Å². The fourth-order valence-corrected chi connectivity index (χ4v) is 4.21. The SMILES string of the molecule is Cl.O=C(O)CCn1ncc(/C=C2/CN(C(C(=O)C3CC3)c3ccccc3F)CCC2S)n1. The van der Waals surface area contributed by atoms with Gasteiger partial charge in [-0.3, -0.25) is 14.5 Å². The molecule has 32 heavy (non-hydrogen) atoms. The number of halogens is 2. The molecule has 2 heterocycles. The van der Waals surface area contributed by atoms with Gasteiger partial charge in [0.2, 0.25) is 0 Å². The molecule has 1 N–H and O–H groups in total. The lowest BCUT2D eigenvalue weighted by Gasteiger charge is -2.37. The topological polar surface area (TPSA) is 88.3 Å². The first-order valence-corrected chi connectivity index (χ1v) is 11.0. The number of hydrogen-bond donors (Lipinski definition) is 2. The lowest BCUT2D eigenvalue weighted by molar-refractivity contribution is -0.137. The number of Topliss-reactive ketones (excluding diaryl/α,β-unsaturated/α-hetero) is 1. The second-order valence-corrected chi connectivity index (χ2v) is 8.73. The number of carboxylic acid groups (broad SMARTS) is 1. The van der Waals surface area contributed by atoms with Crippen molar-refractivity contribution in [2.24, 2.45) is 5.92 Å². The van der Waals surface area contributed by atoms with E-state index in [-0.39, 0.29) is 48.1 Å². The minimum atomic E-state index is -0.907. The Morgan fingerprint density at radius 1 is 1.28 bits per heavy atom. The Kier molecular flexibility index (Phi) is 8.08. The zero-order chi connectivity index (χ0) is 22.0. The molecule has 0 spiro atoms. The number of rotatable bonds is 8. The van der Waals surface area contributed by atoms with Crippen molar-refractivity contribution < 1.29 is 19.1 Å². The number of thiol groups is 1. The van der Waals surface area contributed by atoms with Crippen LogP contribution in [-0.2, 0) is 16.1 Å². The average Bonchev–Trinajstić information content (AvgIpc) is 3.50. The third-order valence-corrected chi connectivity index (χ3v) is 6.32. The summed E-state index contributed by atoms with van der Waals surface area (Å²) in [5.41, 5.74) is 2.01. The first-order chi connectivity index (χ1) is 14.9. The van der Waals surface area contributed by atoms with Gasteiger partial charge in [-0.25, -0.2) is 4.39 Å². The largest absolute Gasteiger partial charge is 0.481 e. The van der Waals surface area contributed by atoms with E-state index in [2.05, 4.69) is 10.2 Å². The highest BCUT2D eigenvalue weighted by atomic mass is 35.5. The van der Waals surface area contributed by atoms with E-state index in [1.165, 1.54) is 10.9 Å². The molecule has 1 aliphatic heterocycles. The third-order valence-electron chi connectivity index (χ3n) is 5.73. The summed E-state index contributed by atoms with van der Waals surface area (Å²) in [4.78, 5) is 27.2. The maximum atomic E-state index is 14.6. The molecule has 2 aromatic rings. The predicted octanol–water partition coefficient (Wildman–Crippen LogP) is 3.42. The number of carboxylic acids is 1. The van der Waals surface area contributed by atoms with E-state index in [0.29, 0.717) is 24.3 Å². The Hall–Kier alpha value is -2.23. The molecule has 4 rings (SSSR count). The Balaban J connectivity index is 0.00000289. The molecule has 2 fully saturated rings. The summed E-state index contributed by atoms with van der Waals surface area (Å²) >= 11 is 4.70. The molecule has 1 saturated heterocycles. The average molecular weight is 481 g/mol. The zero-order valence-electron chi connectivity index (χ0n) is 17.4. The van der Waals surface area contributed by atoms with Gasteiger partial charge in [-0.05, 0) is 37.0 Å². The maximum Gasteiger partial charge on any atom is 0.305 e. The first kappa shape index (κ1) is 24.4. The Morgan fingerprint density at radius 2 is 2.03 bits per heavy atom. The van der Waals surface area contributed by atoms with E-state index in [9.17, 15) is 14.0 Å². The van der Waals surface area contributed by atoms with Gasteiger partial charge in [0.1, 0.15) is 11.5 Å². The van der Waals surface area contributed by atoms with Crippen LogP contribution in [0.1, 0.15) is 43.0 Å². The molecule has 2 unspecified atom stereocenters. The first-order valence-electron chi connectivity index (χ1n) is 10.4. The van der Waals surface area contributed by atoms with E-state index < -0.39 is 12.0 Å². The smallest absolute Gasteiger partial charge is 0.305 e. The van der Waals surface area contributed by atoms with Crippen molar-refractivity contribution in [2.45, 2.75) is 43.5 Å². The number of aliphatic carboxylic acids is 1. The highest BCUT2D eigenvalue weighted by Gasteiger charge is 2.40. The molecule has 2 atom stereocenters. The summed E-state index contributed by atoms with van der Waals surface area (Å²) in [7, 11) is 0. The molecule has 0 bridgehead atoms. The molecule has 1 aromatic carbocycles. The molecule has 0 radical (unpaired) electrons. The van der Waals surface area contributed by atoms with E-state index in [1.54, 1.807) is 24.4 Å². The zero-order valence-corrected chi connectivity index (χ0v) is 19.1. The molecule has 172 valence electrons. The molecular formula is C22H26ClFN4O3S. The van der Waals surface area contributed by atoms with Crippen molar-refractivity contribution in [2.75, 3.05) is 13.1 Å². The van der Waals surface area contributed by atoms with Crippen molar-refractivity contribution in [3.05, 3.63) is 53.1 Å². The number of likely N-dealkylation sites (tertiary alicyclic amines) is 1. The van der Waals surface area contributed by atoms with Crippen LogP contribution in [0.5, 0.6) is 0 Å². The lowest BCUT2D eigenvalue weighted by Crippen LogP contribution is -2.42. The third kappa shape index (κ3) is 5.76. The number of carbonyl (C=O) groups excluding carboxylic acids is 1. The Bertz CT molecular complexity index is 1010. The number of aromatic nitrogens is 3. The Morgan fingerprint density at radius 3 is 2.72 bits per heavy atom. The maximum absolute atomic E-state index is 14.6. The molecule has 7 nitrogen and oxygen atoms in total. The van der Waals surface area contributed by atoms with E-state index in [4.69, 9.17) is 17.7 Å². The summed E-state index contributed by atoms with van der Waals surface area (Å²) in [6.45, 7) is 1.32. The van der Waals surface area contributed by atoms with Crippen LogP contribution in [-0.4, -0.2) is 55.1 Å². The highest BCUT2D eigenvalue weighted by molar-refractivity contribution is 7.81. The minimum absolute atomic E-state index is 0. The van der Waals surface area contributed by atoms with Crippen molar-refractivity contribution in [1.29, 1.82) is 0 Å². The number of piperidine rings is 1. The molecule has 0 amide bonds. The molecule has 10 heteroatoms. The number of benzene rings is 1. The van der Waals surface area contributed by atoms with Gasteiger partial charge in [-0.1, -0.05) is 18.2 Å². The highest BCUT2D eigenvalue weighted by Crippen LogP contribution is 2.39. The second kappa shape index (κ2) is 10.6. The van der Waals surface area contributed by atoms with Crippen LogP contribution in [0.4, 0.5) is 4.39 Å². The van der Waals surface area contributed by atoms with Crippen molar-refractivity contribution in [3.8, 4) is 0 Å². The van der Waals surface area contributed by atoms with Gasteiger partial charge in [0, 0.05) is 29.8 Å². The summed E-state index contributed by atoms with van der Waals surface area (Å²) in [5, 5.41) is 17.2. The van der Waals surface area contributed by atoms with Gasteiger partial charge in [-0.2, -0.15) is 27.6 Å². The van der Waals surface area contributed by atoms with Crippen molar-refractivity contribution >= 4 is 42.9 Å². The molecule has 1 aliphatic carbocycles. The van der Waals surface area contributed by atoms with Gasteiger partial charge in [-0.15, -0.1) is 12.4 Å². The van der Waals surface area contributed by atoms with Crippen molar-refractivity contribution in [1.82, 2.24) is 19.9 Å². The standard InChI is InChI=1S/C22H25FN4O3S.ClH/c23-18-4-2-1-3-17(18)21(22(30)14-5-6-14)26-9-7-19(31)15(13-26)11-16-12-24-27(25-16)10-8-20(28)29;/h1-4,11-12,14,19,21,31H,5-10,13H2,(H,28,29);1H/b15-11-;. The molecular weight excluding hydrogens is 455 g/mol.